The Hall–Kier alpha value is -0.910. The molecule has 0 aromatic heterocycles. The number of piperidine rings is 1. The molecule has 2 atom stereocenters. The lowest BCUT2D eigenvalue weighted by atomic mass is 9.92. The van der Waals surface area contributed by atoms with E-state index in [1.807, 2.05) is 0 Å². The fraction of sp³-hybridized carbons (Fsp3) is 0.647. The molecule has 0 aliphatic carbocycles. The molecule has 124 valence electrons. The lowest BCUT2D eigenvalue weighted by molar-refractivity contribution is 0.0495. The first-order chi connectivity index (χ1) is 10.3. The van der Waals surface area contributed by atoms with Gasteiger partial charge >= 0.3 is 0 Å². The average molecular weight is 325 g/mol. The van der Waals surface area contributed by atoms with E-state index in [-0.39, 0.29) is 0 Å². The van der Waals surface area contributed by atoms with Gasteiger partial charge in [0.15, 0.2) is 9.84 Å². The Balaban J connectivity index is 2.06. The highest BCUT2D eigenvalue weighted by Crippen LogP contribution is 2.26. The molecule has 1 saturated heterocycles. The molecule has 1 aliphatic heterocycles. The zero-order valence-corrected chi connectivity index (χ0v) is 14.5. The van der Waals surface area contributed by atoms with E-state index < -0.39 is 15.9 Å². The van der Waals surface area contributed by atoms with Crippen molar-refractivity contribution in [1.29, 1.82) is 0 Å². The predicted octanol–water partition coefficient (Wildman–Crippen LogP) is 2.63. The fourth-order valence-corrected chi connectivity index (χ4v) is 3.89. The van der Waals surface area contributed by atoms with Crippen LogP contribution in [-0.4, -0.2) is 43.8 Å². The van der Waals surface area contributed by atoms with Gasteiger partial charge in [0.2, 0.25) is 0 Å². The third kappa shape index (κ3) is 4.31. The second-order valence-electron chi connectivity index (χ2n) is 6.66. The van der Waals surface area contributed by atoms with E-state index in [2.05, 4.69) is 18.7 Å². The summed E-state index contributed by atoms with van der Waals surface area (Å²) in [6, 6.07) is 7.11. The summed E-state index contributed by atoms with van der Waals surface area (Å²) < 4.78 is 23.0. The second kappa shape index (κ2) is 7.11. The maximum Gasteiger partial charge on any atom is 0.175 e. The third-order valence-electron chi connectivity index (χ3n) is 4.53. The number of aliphatic hydroxyl groups excluding tert-OH is 1. The number of β-amino-alcohol motifs (C(OH)–C–C–N with tert-alkyl or cyclic N) is 1. The number of hydrogen-bond donors (Lipinski definition) is 1. The quantitative estimate of drug-likeness (QED) is 0.904. The van der Waals surface area contributed by atoms with Crippen LogP contribution < -0.4 is 0 Å². The van der Waals surface area contributed by atoms with Gasteiger partial charge < -0.3 is 5.11 Å². The van der Waals surface area contributed by atoms with Crippen molar-refractivity contribution in [2.45, 2.75) is 50.2 Å². The average Bonchev–Trinajstić information content (AvgIpc) is 2.46. The Morgan fingerprint density at radius 1 is 1.23 bits per heavy atom. The standard InChI is InChI=1S/C17H27NO3S/c1-13(2)16-6-4-5-11-18(16)12-17(19)14-7-9-15(10-8-14)22(3,20)21/h7-10,13,16-17,19H,4-6,11-12H2,1-3H3. The molecular formula is C17H27NO3S. The molecule has 0 amide bonds. The van der Waals surface area contributed by atoms with Crippen LogP contribution in [0.25, 0.3) is 0 Å². The van der Waals surface area contributed by atoms with E-state index in [9.17, 15) is 13.5 Å². The van der Waals surface area contributed by atoms with Crippen LogP contribution in [0.4, 0.5) is 0 Å². The van der Waals surface area contributed by atoms with Crippen LogP contribution in [0.5, 0.6) is 0 Å². The molecule has 1 N–H and O–H groups in total. The zero-order valence-electron chi connectivity index (χ0n) is 13.7. The SMILES string of the molecule is CC(C)C1CCCCN1CC(O)c1ccc(S(C)(=O)=O)cc1. The summed E-state index contributed by atoms with van der Waals surface area (Å²) in [5, 5.41) is 10.5. The molecule has 0 spiro atoms. The first kappa shape index (κ1) is 17.4. The summed E-state index contributed by atoms with van der Waals surface area (Å²) in [6.07, 6.45) is 4.26. The van der Waals surface area contributed by atoms with Crippen LogP contribution in [-0.2, 0) is 9.84 Å². The van der Waals surface area contributed by atoms with Gasteiger partial charge in [-0.1, -0.05) is 32.4 Å². The van der Waals surface area contributed by atoms with Crippen LogP contribution in [0.1, 0.15) is 44.8 Å². The molecular weight excluding hydrogens is 298 g/mol. The van der Waals surface area contributed by atoms with E-state index in [0.29, 0.717) is 23.4 Å². The van der Waals surface area contributed by atoms with E-state index in [1.165, 1.54) is 25.5 Å². The molecule has 0 bridgehead atoms. The fourth-order valence-electron chi connectivity index (χ4n) is 3.26. The van der Waals surface area contributed by atoms with Gasteiger partial charge in [-0.25, -0.2) is 8.42 Å². The highest BCUT2D eigenvalue weighted by atomic mass is 32.2. The molecule has 0 saturated carbocycles. The van der Waals surface area contributed by atoms with Crippen molar-refractivity contribution in [1.82, 2.24) is 4.90 Å². The van der Waals surface area contributed by atoms with Gasteiger partial charge in [0.1, 0.15) is 0 Å². The number of aliphatic hydroxyl groups is 1. The van der Waals surface area contributed by atoms with Crippen molar-refractivity contribution >= 4 is 9.84 Å². The maximum absolute atomic E-state index is 11.5. The van der Waals surface area contributed by atoms with Crippen molar-refractivity contribution in [3.63, 3.8) is 0 Å². The number of likely N-dealkylation sites (tertiary alicyclic amines) is 1. The van der Waals surface area contributed by atoms with Crippen molar-refractivity contribution in [2.24, 2.45) is 5.92 Å². The minimum atomic E-state index is -3.18. The van der Waals surface area contributed by atoms with E-state index in [4.69, 9.17) is 0 Å². The molecule has 4 nitrogen and oxygen atoms in total. The lowest BCUT2D eigenvalue weighted by Gasteiger charge is -2.39. The topological polar surface area (TPSA) is 57.6 Å². The van der Waals surface area contributed by atoms with E-state index in [1.54, 1.807) is 24.3 Å². The number of rotatable bonds is 5. The number of benzene rings is 1. The first-order valence-corrected chi connectivity index (χ1v) is 9.90. The van der Waals surface area contributed by atoms with Crippen molar-refractivity contribution < 1.29 is 13.5 Å². The predicted molar refractivity (Wildman–Crippen MR) is 88.6 cm³/mol. The molecule has 2 rings (SSSR count). The molecule has 2 unspecified atom stereocenters. The molecule has 0 radical (unpaired) electrons. The molecule has 1 fully saturated rings. The summed E-state index contributed by atoms with van der Waals surface area (Å²) in [6.45, 7) is 6.11. The van der Waals surface area contributed by atoms with Crippen LogP contribution in [0, 0.1) is 5.92 Å². The summed E-state index contributed by atoms with van der Waals surface area (Å²) in [5.41, 5.74) is 0.778. The number of nitrogens with zero attached hydrogens (tertiary/aromatic N) is 1. The molecule has 1 aliphatic rings. The highest BCUT2D eigenvalue weighted by Gasteiger charge is 2.26. The second-order valence-corrected chi connectivity index (χ2v) is 8.67. The highest BCUT2D eigenvalue weighted by molar-refractivity contribution is 7.90. The molecule has 1 heterocycles. The molecule has 1 aromatic carbocycles. The van der Waals surface area contributed by atoms with Gasteiger partial charge in [-0.05, 0) is 43.0 Å². The van der Waals surface area contributed by atoms with Crippen LogP contribution in [0.15, 0.2) is 29.2 Å². The molecule has 22 heavy (non-hydrogen) atoms. The smallest absolute Gasteiger partial charge is 0.175 e. The van der Waals surface area contributed by atoms with Gasteiger partial charge in [0.05, 0.1) is 11.0 Å². The van der Waals surface area contributed by atoms with Crippen LogP contribution in [0.2, 0.25) is 0 Å². The molecule has 5 heteroatoms. The molecule has 1 aromatic rings. The van der Waals surface area contributed by atoms with Gasteiger partial charge in [0, 0.05) is 18.8 Å². The van der Waals surface area contributed by atoms with Crippen molar-refractivity contribution in [3.05, 3.63) is 29.8 Å². The number of hydrogen-bond acceptors (Lipinski definition) is 4. The minimum Gasteiger partial charge on any atom is -0.387 e. The summed E-state index contributed by atoms with van der Waals surface area (Å²) in [7, 11) is -3.18. The third-order valence-corrected chi connectivity index (χ3v) is 5.66. The van der Waals surface area contributed by atoms with Crippen LogP contribution >= 0.6 is 0 Å². The van der Waals surface area contributed by atoms with Gasteiger partial charge in [-0.3, -0.25) is 4.90 Å². The zero-order chi connectivity index (χ0) is 16.3. The van der Waals surface area contributed by atoms with Gasteiger partial charge in [-0.2, -0.15) is 0 Å². The lowest BCUT2D eigenvalue weighted by Crippen LogP contribution is -2.44. The van der Waals surface area contributed by atoms with Gasteiger partial charge in [-0.15, -0.1) is 0 Å². The van der Waals surface area contributed by atoms with Crippen molar-refractivity contribution in [3.8, 4) is 0 Å². The number of sulfone groups is 1. The monoisotopic (exact) mass is 325 g/mol. The van der Waals surface area contributed by atoms with E-state index in [0.717, 1.165) is 12.1 Å². The summed E-state index contributed by atoms with van der Waals surface area (Å²) in [5.74, 6) is 0.583. The Kier molecular flexibility index (Phi) is 5.64. The summed E-state index contributed by atoms with van der Waals surface area (Å²) in [4.78, 5) is 2.67. The first-order valence-electron chi connectivity index (χ1n) is 8.01. The normalized spacial score (nSPS) is 22.0. The van der Waals surface area contributed by atoms with E-state index >= 15 is 0 Å². The Morgan fingerprint density at radius 3 is 2.41 bits per heavy atom. The summed E-state index contributed by atoms with van der Waals surface area (Å²) >= 11 is 0. The largest absolute Gasteiger partial charge is 0.387 e. The van der Waals surface area contributed by atoms with Crippen molar-refractivity contribution in [2.75, 3.05) is 19.3 Å². The van der Waals surface area contributed by atoms with Crippen LogP contribution in [0.3, 0.4) is 0 Å². The maximum atomic E-state index is 11.5. The Bertz CT molecular complexity index is 580. The minimum absolute atomic E-state index is 0.293. The Labute approximate surface area is 134 Å². The Morgan fingerprint density at radius 2 is 1.86 bits per heavy atom. The van der Waals surface area contributed by atoms with Gasteiger partial charge in [0.25, 0.3) is 0 Å².